The van der Waals surface area contributed by atoms with Crippen LogP contribution in [0.4, 0.5) is 13.2 Å². The third-order valence-electron chi connectivity index (χ3n) is 8.73. The van der Waals surface area contributed by atoms with Gasteiger partial charge in [-0.15, -0.1) is 0 Å². The van der Waals surface area contributed by atoms with E-state index >= 15 is 13.2 Å². The fraction of sp³-hybridized carbons (Fsp3) is 0.424. The largest absolute Gasteiger partial charge is 0.497 e. The molecule has 8 heteroatoms. The Labute approximate surface area is 238 Å². The fourth-order valence-corrected chi connectivity index (χ4v) is 6.69. The molecule has 5 nitrogen and oxygen atoms in total. The van der Waals surface area contributed by atoms with Gasteiger partial charge in [-0.1, -0.05) is 32.9 Å². The number of halogens is 3. The molecule has 0 saturated heterocycles. The zero-order valence-electron chi connectivity index (χ0n) is 23.9. The van der Waals surface area contributed by atoms with Crippen molar-refractivity contribution in [1.29, 1.82) is 0 Å². The fourth-order valence-electron chi connectivity index (χ4n) is 6.69. The van der Waals surface area contributed by atoms with E-state index in [-0.39, 0.29) is 28.9 Å². The minimum atomic E-state index is -0.984. The molecule has 3 aromatic rings. The number of fused-ring (bicyclic) bond motifs is 2. The van der Waals surface area contributed by atoms with E-state index in [2.05, 4.69) is 0 Å². The maximum absolute atomic E-state index is 15.9. The first kappa shape index (κ1) is 29.0. The summed E-state index contributed by atoms with van der Waals surface area (Å²) >= 11 is 0. The minimum Gasteiger partial charge on any atom is -0.497 e. The van der Waals surface area contributed by atoms with Crippen LogP contribution in [0.1, 0.15) is 68.4 Å². The number of carbonyl (C=O) groups is 1. The summed E-state index contributed by atoms with van der Waals surface area (Å²) in [5, 5.41) is 9.68. The van der Waals surface area contributed by atoms with Crippen LogP contribution in [0.25, 0.3) is 11.1 Å². The summed E-state index contributed by atoms with van der Waals surface area (Å²) in [4.78, 5) is 11.8. The number of hydrogen-bond donors (Lipinski definition) is 1. The van der Waals surface area contributed by atoms with E-state index in [1.807, 2.05) is 26.8 Å². The topological polar surface area (TPSA) is 65.0 Å². The second-order valence-corrected chi connectivity index (χ2v) is 12.1. The second-order valence-electron chi connectivity index (χ2n) is 12.1. The Balaban J connectivity index is 1.51. The van der Waals surface area contributed by atoms with Crippen molar-refractivity contribution in [3.05, 3.63) is 82.2 Å². The normalized spacial score (nSPS) is 20.4. The lowest BCUT2D eigenvalue weighted by atomic mass is 9.57. The van der Waals surface area contributed by atoms with Crippen LogP contribution in [0, 0.1) is 28.8 Å². The SMILES string of the molecule is COc1ccc(F)c(-c2ccc(COc3cc(F)c4c(c3F)C3(CC4)CCC3C(=O)O)cc2C(OC)C(C)(C)C)c1. The van der Waals surface area contributed by atoms with Crippen molar-refractivity contribution in [1.82, 2.24) is 0 Å². The molecule has 3 atom stereocenters. The minimum absolute atomic E-state index is 0.0844. The van der Waals surface area contributed by atoms with E-state index in [9.17, 15) is 9.90 Å². The molecular weight excluding hydrogens is 533 g/mol. The smallest absolute Gasteiger partial charge is 0.307 e. The average Bonchev–Trinajstić information content (AvgIpc) is 3.33. The summed E-state index contributed by atoms with van der Waals surface area (Å²) < 4.78 is 63.1. The Morgan fingerprint density at radius 1 is 1.02 bits per heavy atom. The van der Waals surface area contributed by atoms with E-state index in [1.54, 1.807) is 31.4 Å². The molecule has 1 N–H and O–H groups in total. The van der Waals surface area contributed by atoms with Crippen LogP contribution in [0.2, 0.25) is 0 Å². The van der Waals surface area contributed by atoms with Gasteiger partial charge in [-0.05, 0) is 77.6 Å². The number of carboxylic acids is 1. The molecule has 1 saturated carbocycles. The third kappa shape index (κ3) is 4.96. The van der Waals surface area contributed by atoms with E-state index in [0.717, 1.165) is 6.07 Å². The predicted molar refractivity (Wildman–Crippen MR) is 149 cm³/mol. The van der Waals surface area contributed by atoms with Gasteiger partial charge in [0, 0.05) is 29.7 Å². The molecule has 0 radical (unpaired) electrons. The summed E-state index contributed by atoms with van der Waals surface area (Å²) in [6.07, 6.45) is 1.24. The van der Waals surface area contributed by atoms with Gasteiger partial charge in [0.15, 0.2) is 11.6 Å². The van der Waals surface area contributed by atoms with Gasteiger partial charge in [0.05, 0.1) is 19.1 Å². The van der Waals surface area contributed by atoms with Crippen LogP contribution in [-0.4, -0.2) is 25.3 Å². The van der Waals surface area contributed by atoms with Crippen molar-refractivity contribution in [2.45, 2.75) is 64.6 Å². The van der Waals surface area contributed by atoms with E-state index < -0.39 is 40.9 Å². The highest BCUT2D eigenvalue weighted by atomic mass is 19.1. The molecular formula is C33H35F3O5. The first-order chi connectivity index (χ1) is 19.4. The van der Waals surface area contributed by atoms with Gasteiger partial charge in [0.2, 0.25) is 0 Å². The number of methoxy groups -OCH3 is 2. The molecule has 0 aromatic heterocycles. The summed E-state index contributed by atoms with van der Waals surface area (Å²) in [5.41, 5.74) is 1.50. The van der Waals surface area contributed by atoms with E-state index in [4.69, 9.17) is 14.2 Å². The molecule has 3 aromatic carbocycles. The Bertz CT molecular complexity index is 1500. The summed E-state index contributed by atoms with van der Waals surface area (Å²) in [5.74, 6) is -3.15. The molecule has 2 aliphatic carbocycles. The van der Waals surface area contributed by atoms with Gasteiger partial charge in [-0.2, -0.15) is 0 Å². The van der Waals surface area contributed by atoms with Crippen LogP contribution in [0.15, 0.2) is 42.5 Å². The first-order valence-electron chi connectivity index (χ1n) is 13.8. The molecule has 3 unspecified atom stereocenters. The lowest BCUT2D eigenvalue weighted by molar-refractivity contribution is -0.149. The zero-order valence-corrected chi connectivity index (χ0v) is 23.9. The van der Waals surface area contributed by atoms with Crippen molar-refractivity contribution in [3.63, 3.8) is 0 Å². The molecule has 0 heterocycles. The molecule has 218 valence electrons. The van der Waals surface area contributed by atoms with Gasteiger partial charge in [-0.3, -0.25) is 4.79 Å². The predicted octanol–water partition coefficient (Wildman–Crippen LogP) is 7.77. The van der Waals surface area contributed by atoms with Crippen LogP contribution < -0.4 is 9.47 Å². The van der Waals surface area contributed by atoms with E-state index in [1.165, 1.54) is 13.2 Å². The zero-order chi connectivity index (χ0) is 29.7. The maximum atomic E-state index is 15.9. The number of aliphatic carboxylic acids is 1. The molecule has 5 rings (SSSR count). The van der Waals surface area contributed by atoms with Crippen LogP contribution >= 0.6 is 0 Å². The van der Waals surface area contributed by atoms with Crippen molar-refractivity contribution in [2.24, 2.45) is 11.3 Å². The lowest BCUT2D eigenvalue weighted by Crippen LogP contribution is -2.47. The molecule has 0 bridgehead atoms. The molecule has 41 heavy (non-hydrogen) atoms. The highest BCUT2D eigenvalue weighted by molar-refractivity contribution is 5.75. The third-order valence-corrected chi connectivity index (χ3v) is 8.73. The summed E-state index contributed by atoms with van der Waals surface area (Å²) in [6, 6.07) is 10.9. The molecule has 0 amide bonds. The van der Waals surface area contributed by atoms with Crippen LogP contribution in [0.3, 0.4) is 0 Å². The van der Waals surface area contributed by atoms with Gasteiger partial charge >= 0.3 is 5.97 Å². The van der Waals surface area contributed by atoms with E-state index in [0.29, 0.717) is 53.7 Å². The van der Waals surface area contributed by atoms with Gasteiger partial charge in [0.25, 0.3) is 0 Å². The Morgan fingerprint density at radius 2 is 1.78 bits per heavy atom. The van der Waals surface area contributed by atoms with Gasteiger partial charge < -0.3 is 19.3 Å². The molecule has 1 spiro atoms. The summed E-state index contributed by atoms with van der Waals surface area (Å²) in [6.45, 7) is 5.96. The molecule has 0 aliphatic heterocycles. The Kier molecular flexibility index (Phi) is 7.57. The van der Waals surface area contributed by atoms with Crippen molar-refractivity contribution >= 4 is 5.97 Å². The average molecular weight is 569 g/mol. The first-order valence-corrected chi connectivity index (χ1v) is 13.8. The number of hydrogen-bond acceptors (Lipinski definition) is 4. The summed E-state index contributed by atoms with van der Waals surface area (Å²) in [7, 11) is 3.11. The Hall–Kier alpha value is -3.52. The van der Waals surface area contributed by atoms with Crippen molar-refractivity contribution in [3.8, 4) is 22.6 Å². The standard InChI is InChI=1S/C33H35F3O5/c1-32(2,3)30(40-5)23-14-18(6-8-20(23)22-15-19(39-4)7-9-25(22)34)17-41-27-16-26(35)21-10-12-33(28(21)29(27)36)13-11-24(33)31(37)38/h6-9,14-16,24,30H,10-13,17H2,1-5H3,(H,37,38). The van der Waals surface area contributed by atoms with Crippen molar-refractivity contribution in [2.75, 3.05) is 14.2 Å². The lowest BCUT2D eigenvalue weighted by Gasteiger charge is -2.45. The maximum Gasteiger partial charge on any atom is 0.307 e. The highest BCUT2D eigenvalue weighted by Gasteiger charge is 2.57. The number of ether oxygens (including phenoxy) is 3. The van der Waals surface area contributed by atoms with Crippen molar-refractivity contribution < 1.29 is 37.3 Å². The number of carboxylic acid groups (broad SMARTS) is 1. The Morgan fingerprint density at radius 3 is 2.39 bits per heavy atom. The van der Waals surface area contributed by atoms with Crippen LogP contribution in [0.5, 0.6) is 11.5 Å². The highest BCUT2D eigenvalue weighted by Crippen LogP contribution is 2.58. The quantitative estimate of drug-likeness (QED) is 0.301. The van der Waals surface area contributed by atoms with Gasteiger partial charge in [0.1, 0.15) is 24.0 Å². The second kappa shape index (κ2) is 10.7. The monoisotopic (exact) mass is 568 g/mol. The molecule has 1 fully saturated rings. The van der Waals surface area contributed by atoms with Crippen LogP contribution in [-0.2, 0) is 28.0 Å². The number of rotatable bonds is 8. The van der Waals surface area contributed by atoms with Gasteiger partial charge in [-0.25, -0.2) is 13.2 Å². The molecule has 2 aliphatic rings. The number of benzene rings is 3.